The summed E-state index contributed by atoms with van der Waals surface area (Å²) < 4.78 is 1.05. The van der Waals surface area contributed by atoms with Gasteiger partial charge in [-0.1, -0.05) is 28.9 Å². The zero-order valence-electron chi connectivity index (χ0n) is 10.4. The lowest BCUT2D eigenvalue weighted by molar-refractivity contribution is 0.274. The number of halogens is 1. The molecule has 0 aliphatic carbocycles. The maximum Gasteiger partial charge on any atom is 0.0331 e. The first-order valence-electron chi connectivity index (χ1n) is 5.97. The van der Waals surface area contributed by atoms with E-state index < -0.39 is 0 Å². The van der Waals surface area contributed by atoms with Crippen molar-refractivity contribution in [2.45, 2.75) is 20.0 Å². The monoisotopic (exact) mass is 324 g/mol. The maximum absolute atomic E-state index is 5.87. The van der Waals surface area contributed by atoms with Crippen LogP contribution in [0.2, 0.25) is 0 Å². The highest BCUT2D eigenvalue weighted by Gasteiger charge is 2.06. The Bertz CT molecular complexity index is 476. The normalized spacial score (nSPS) is 11.1. The number of benzene rings is 1. The van der Waals surface area contributed by atoms with E-state index in [-0.39, 0.29) is 0 Å². The van der Waals surface area contributed by atoms with E-state index in [9.17, 15) is 0 Å². The molecule has 0 unspecified atom stereocenters. The molecule has 96 valence electrons. The molecule has 2 rings (SSSR count). The van der Waals surface area contributed by atoms with Crippen LogP contribution in [0.15, 0.2) is 40.2 Å². The highest BCUT2D eigenvalue weighted by Crippen LogP contribution is 2.20. The Morgan fingerprint density at radius 3 is 2.72 bits per heavy atom. The number of anilines is 1. The van der Waals surface area contributed by atoms with Crippen molar-refractivity contribution in [3.05, 3.63) is 50.6 Å². The molecule has 1 heterocycles. The zero-order valence-corrected chi connectivity index (χ0v) is 12.8. The number of hydrogen-bond donors (Lipinski definition) is 1. The quantitative estimate of drug-likeness (QED) is 0.838. The van der Waals surface area contributed by atoms with Crippen LogP contribution in [0.5, 0.6) is 0 Å². The van der Waals surface area contributed by atoms with Gasteiger partial charge in [-0.15, -0.1) is 11.3 Å². The molecule has 0 saturated heterocycles. The van der Waals surface area contributed by atoms with Gasteiger partial charge in [0.05, 0.1) is 0 Å². The second-order valence-corrected chi connectivity index (χ2v) is 6.22. The highest BCUT2D eigenvalue weighted by atomic mass is 79.9. The average Bonchev–Trinajstić information content (AvgIpc) is 2.79. The first-order chi connectivity index (χ1) is 8.67. The first kappa shape index (κ1) is 13.6. The van der Waals surface area contributed by atoms with Gasteiger partial charge in [0, 0.05) is 28.1 Å². The third-order valence-electron chi connectivity index (χ3n) is 2.79. The molecule has 0 aliphatic heterocycles. The lowest BCUT2D eigenvalue weighted by Gasteiger charge is -2.20. The van der Waals surface area contributed by atoms with Gasteiger partial charge in [-0.25, -0.2) is 0 Å². The van der Waals surface area contributed by atoms with Crippen LogP contribution in [0.25, 0.3) is 0 Å². The van der Waals surface area contributed by atoms with E-state index >= 15 is 0 Å². The van der Waals surface area contributed by atoms with E-state index in [0.29, 0.717) is 0 Å². The molecule has 0 radical (unpaired) electrons. The van der Waals surface area contributed by atoms with Crippen molar-refractivity contribution in [3.8, 4) is 0 Å². The van der Waals surface area contributed by atoms with Gasteiger partial charge in [-0.2, -0.15) is 0 Å². The van der Waals surface area contributed by atoms with Crippen LogP contribution in [0.3, 0.4) is 0 Å². The molecule has 2 N–H and O–H groups in total. The van der Waals surface area contributed by atoms with E-state index in [1.165, 1.54) is 10.4 Å². The summed E-state index contributed by atoms with van der Waals surface area (Å²) >= 11 is 5.30. The number of nitrogens with zero attached hydrogens (tertiary/aromatic N) is 1. The molecule has 0 spiro atoms. The van der Waals surface area contributed by atoms with Gasteiger partial charge >= 0.3 is 0 Å². The van der Waals surface area contributed by atoms with Gasteiger partial charge in [0.2, 0.25) is 0 Å². The molecule has 0 fully saturated rings. The molecule has 0 saturated carbocycles. The van der Waals surface area contributed by atoms with Crippen molar-refractivity contribution in [1.82, 2.24) is 4.90 Å². The van der Waals surface area contributed by atoms with Gasteiger partial charge in [0.1, 0.15) is 0 Å². The fourth-order valence-corrected chi connectivity index (χ4v) is 3.23. The number of nitrogen functional groups attached to an aromatic ring is 1. The predicted molar refractivity (Wildman–Crippen MR) is 82.7 cm³/mol. The summed E-state index contributed by atoms with van der Waals surface area (Å²) in [6.45, 7) is 5.15. The van der Waals surface area contributed by atoms with Crippen LogP contribution in [-0.2, 0) is 13.1 Å². The van der Waals surface area contributed by atoms with Crippen molar-refractivity contribution in [3.63, 3.8) is 0 Å². The zero-order chi connectivity index (χ0) is 13.0. The Balaban J connectivity index is 2.05. The second-order valence-electron chi connectivity index (χ2n) is 4.28. The molecule has 0 atom stereocenters. The molecule has 2 aromatic rings. The number of rotatable bonds is 5. The minimum absolute atomic E-state index is 0.812. The fraction of sp³-hybridized carbons (Fsp3) is 0.286. The van der Waals surface area contributed by atoms with Gasteiger partial charge in [0.15, 0.2) is 0 Å². The minimum Gasteiger partial charge on any atom is -0.399 e. The van der Waals surface area contributed by atoms with E-state index in [1.807, 2.05) is 23.5 Å². The number of thiophene rings is 1. The van der Waals surface area contributed by atoms with Crippen LogP contribution in [0, 0.1) is 0 Å². The van der Waals surface area contributed by atoms with Crippen molar-refractivity contribution >= 4 is 33.0 Å². The van der Waals surface area contributed by atoms with E-state index in [1.54, 1.807) is 0 Å². The van der Waals surface area contributed by atoms with E-state index in [0.717, 1.165) is 29.8 Å². The summed E-state index contributed by atoms with van der Waals surface area (Å²) in [5, 5.41) is 2.13. The summed E-state index contributed by atoms with van der Waals surface area (Å²) in [7, 11) is 0. The molecule has 0 bridgehead atoms. The molecule has 2 nitrogen and oxygen atoms in total. The Kier molecular flexibility index (Phi) is 4.80. The summed E-state index contributed by atoms with van der Waals surface area (Å²) in [6.07, 6.45) is 0. The van der Waals surface area contributed by atoms with E-state index in [4.69, 9.17) is 5.73 Å². The maximum atomic E-state index is 5.87. The summed E-state index contributed by atoms with van der Waals surface area (Å²) in [5.74, 6) is 0. The smallest absolute Gasteiger partial charge is 0.0331 e. The summed E-state index contributed by atoms with van der Waals surface area (Å²) in [4.78, 5) is 3.81. The van der Waals surface area contributed by atoms with Crippen LogP contribution < -0.4 is 5.73 Å². The van der Waals surface area contributed by atoms with Gasteiger partial charge in [-0.05, 0) is 41.8 Å². The minimum atomic E-state index is 0.812. The van der Waals surface area contributed by atoms with Gasteiger partial charge in [-0.3, -0.25) is 4.90 Å². The van der Waals surface area contributed by atoms with E-state index in [2.05, 4.69) is 51.3 Å². The topological polar surface area (TPSA) is 29.3 Å². The van der Waals surface area contributed by atoms with Gasteiger partial charge in [0.25, 0.3) is 0 Å². The first-order valence-corrected chi connectivity index (χ1v) is 7.64. The lowest BCUT2D eigenvalue weighted by atomic mass is 10.2. The number of hydrogen-bond acceptors (Lipinski definition) is 3. The van der Waals surface area contributed by atoms with Crippen molar-refractivity contribution < 1.29 is 0 Å². The lowest BCUT2D eigenvalue weighted by Crippen LogP contribution is -2.21. The molecule has 0 aliphatic rings. The van der Waals surface area contributed by atoms with Crippen molar-refractivity contribution in [1.29, 1.82) is 0 Å². The molecule has 18 heavy (non-hydrogen) atoms. The largest absolute Gasteiger partial charge is 0.399 e. The van der Waals surface area contributed by atoms with Crippen LogP contribution >= 0.6 is 27.3 Å². The summed E-state index contributed by atoms with van der Waals surface area (Å²) in [6, 6.07) is 10.4. The van der Waals surface area contributed by atoms with Gasteiger partial charge < -0.3 is 5.73 Å². The van der Waals surface area contributed by atoms with Crippen LogP contribution in [0.1, 0.15) is 17.4 Å². The Labute approximate surface area is 121 Å². The molecular formula is C14H17BrN2S. The third-order valence-corrected chi connectivity index (χ3v) is 4.11. The molecule has 1 aromatic heterocycles. The van der Waals surface area contributed by atoms with Crippen LogP contribution in [-0.4, -0.2) is 11.4 Å². The highest BCUT2D eigenvalue weighted by molar-refractivity contribution is 9.10. The Morgan fingerprint density at radius 2 is 2.11 bits per heavy atom. The standard InChI is InChI=1S/C14H17BrN2S/c1-2-17(10-14-4-3-5-18-14)9-11-6-12(15)8-13(16)7-11/h3-8H,2,9-10,16H2,1H3. The SMILES string of the molecule is CCN(Cc1cc(N)cc(Br)c1)Cc1cccs1. The Morgan fingerprint density at radius 1 is 1.28 bits per heavy atom. The van der Waals surface area contributed by atoms with Crippen molar-refractivity contribution in [2.24, 2.45) is 0 Å². The molecule has 0 amide bonds. The summed E-state index contributed by atoms with van der Waals surface area (Å²) in [5.41, 5.74) is 7.93. The average molecular weight is 325 g/mol. The second kappa shape index (κ2) is 6.36. The Hall–Kier alpha value is -0.840. The fourth-order valence-electron chi connectivity index (χ4n) is 1.93. The van der Waals surface area contributed by atoms with Crippen LogP contribution in [0.4, 0.5) is 5.69 Å². The third kappa shape index (κ3) is 3.83. The predicted octanol–water partition coefficient (Wildman–Crippen LogP) is 4.11. The molecule has 4 heteroatoms. The molecular weight excluding hydrogens is 308 g/mol. The molecule has 1 aromatic carbocycles. The number of nitrogens with two attached hydrogens (primary N) is 1. The van der Waals surface area contributed by atoms with Crippen molar-refractivity contribution in [2.75, 3.05) is 12.3 Å².